The van der Waals surface area contributed by atoms with Crippen molar-refractivity contribution in [3.63, 3.8) is 0 Å². The van der Waals surface area contributed by atoms with Crippen LogP contribution >= 0.6 is 11.6 Å². The van der Waals surface area contributed by atoms with E-state index in [1.807, 2.05) is 60.7 Å². The van der Waals surface area contributed by atoms with E-state index in [1.54, 1.807) is 20.8 Å². The molecule has 0 spiro atoms. The average molecular weight is 647 g/mol. The van der Waals surface area contributed by atoms with Gasteiger partial charge in [0.05, 0.1) is 11.9 Å². The minimum Gasteiger partial charge on any atom is -0.445 e. The molecule has 0 heterocycles. The van der Waals surface area contributed by atoms with E-state index in [4.69, 9.17) is 25.8 Å². The molecule has 0 aliphatic heterocycles. The van der Waals surface area contributed by atoms with Crippen LogP contribution in [0, 0.1) is 0 Å². The molecule has 45 heavy (non-hydrogen) atoms. The highest BCUT2D eigenvalue weighted by atomic mass is 35.5. The van der Waals surface area contributed by atoms with Crippen LogP contribution in [0.1, 0.15) is 57.6 Å². The number of rotatable bonds is 17. The maximum absolute atomic E-state index is 13.2. The van der Waals surface area contributed by atoms with Crippen LogP contribution in [-0.4, -0.2) is 66.6 Å². The lowest BCUT2D eigenvalue weighted by Gasteiger charge is -2.25. The fourth-order valence-electron chi connectivity index (χ4n) is 3.94. The van der Waals surface area contributed by atoms with Crippen LogP contribution in [-0.2, 0) is 37.0 Å². The van der Waals surface area contributed by atoms with Gasteiger partial charge in [-0.3, -0.25) is 9.59 Å². The van der Waals surface area contributed by atoms with Gasteiger partial charge < -0.3 is 35.5 Å². The third kappa shape index (κ3) is 16.4. The number of hydrogen-bond acceptors (Lipinski definition) is 8. The monoisotopic (exact) mass is 646 g/mol. The summed E-state index contributed by atoms with van der Waals surface area (Å²) >= 11 is 5.79. The highest BCUT2D eigenvalue weighted by Crippen LogP contribution is 2.09. The van der Waals surface area contributed by atoms with Gasteiger partial charge >= 0.3 is 18.3 Å². The van der Waals surface area contributed by atoms with E-state index < -0.39 is 47.7 Å². The Morgan fingerprint density at radius 1 is 0.689 bits per heavy atom. The quantitative estimate of drug-likeness (QED) is 0.110. The van der Waals surface area contributed by atoms with E-state index >= 15 is 0 Å². The van der Waals surface area contributed by atoms with Crippen LogP contribution in [0.15, 0.2) is 60.7 Å². The maximum atomic E-state index is 13.2. The number of ketones is 1. The smallest absolute Gasteiger partial charge is 0.408 e. The summed E-state index contributed by atoms with van der Waals surface area (Å²) in [7, 11) is 0. The lowest BCUT2D eigenvalue weighted by Crippen LogP contribution is -2.52. The van der Waals surface area contributed by atoms with Crippen LogP contribution < -0.4 is 21.3 Å². The molecule has 0 saturated carbocycles. The van der Waals surface area contributed by atoms with Gasteiger partial charge in [0.2, 0.25) is 5.91 Å². The average Bonchev–Trinajstić information content (AvgIpc) is 3.01. The lowest BCUT2D eigenvalue weighted by molar-refractivity contribution is -0.128. The van der Waals surface area contributed by atoms with Crippen molar-refractivity contribution in [3.05, 3.63) is 71.8 Å². The second-order valence-electron chi connectivity index (χ2n) is 11.1. The van der Waals surface area contributed by atoms with Gasteiger partial charge in [0.25, 0.3) is 0 Å². The largest absolute Gasteiger partial charge is 0.445 e. The molecule has 12 nitrogen and oxygen atoms in total. The maximum Gasteiger partial charge on any atom is 0.408 e. The Morgan fingerprint density at radius 3 is 1.60 bits per heavy atom. The minimum atomic E-state index is -1.07. The summed E-state index contributed by atoms with van der Waals surface area (Å²) in [5, 5.41) is 10.4. The summed E-state index contributed by atoms with van der Waals surface area (Å²) in [6, 6.07) is 16.4. The normalized spacial score (nSPS) is 12.2. The Bertz CT molecular complexity index is 1220. The molecule has 0 fully saturated rings. The molecule has 0 bridgehead atoms. The van der Waals surface area contributed by atoms with Gasteiger partial charge in [-0.05, 0) is 57.6 Å². The number of halogens is 1. The second kappa shape index (κ2) is 19.9. The number of amides is 4. The van der Waals surface area contributed by atoms with Gasteiger partial charge in [0.15, 0.2) is 5.78 Å². The molecule has 0 saturated heterocycles. The van der Waals surface area contributed by atoms with Crippen molar-refractivity contribution in [3.8, 4) is 0 Å². The van der Waals surface area contributed by atoms with E-state index in [0.29, 0.717) is 12.8 Å². The van der Waals surface area contributed by atoms with Crippen LogP contribution in [0.2, 0.25) is 0 Å². The molecule has 0 aliphatic rings. The summed E-state index contributed by atoms with van der Waals surface area (Å²) in [6.07, 6.45) is -1.08. The first-order valence-electron chi connectivity index (χ1n) is 14.7. The fourth-order valence-corrected chi connectivity index (χ4v) is 4.13. The fraction of sp³-hybridized carbons (Fsp3) is 0.469. The lowest BCUT2D eigenvalue weighted by atomic mass is 10.1. The zero-order chi connectivity index (χ0) is 33.1. The van der Waals surface area contributed by atoms with Crippen LogP contribution in [0.3, 0.4) is 0 Å². The Morgan fingerprint density at radius 2 is 1.16 bits per heavy atom. The predicted molar refractivity (Wildman–Crippen MR) is 169 cm³/mol. The van der Waals surface area contributed by atoms with E-state index in [2.05, 4.69) is 21.3 Å². The topological polar surface area (TPSA) is 161 Å². The molecule has 2 aromatic rings. The van der Waals surface area contributed by atoms with Crippen molar-refractivity contribution in [1.29, 1.82) is 0 Å². The highest BCUT2D eigenvalue weighted by Gasteiger charge is 2.28. The number of Topliss-reactive ketones (excluding diaryl/α,β-unsaturated/α-hetero) is 1. The van der Waals surface area contributed by atoms with Gasteiger partial charge in [0.1, 0.15) is 24.9 Å². The molecule has 4 N–H and O–H groups in total. The third-order valence-electron chi connectivity index (χ3n) is 6.15. The number of alkyl halides is 1. The van der Waals surface area contributed by atoms with Crippen molar-refractivity contribution >= 4 is 41.6 Å². The summed E-state index contributed by atoms with van der Waals surface area (Å²) in [6.45, 7) is 5.66. The van der Waals surface area contributed by atoms with Crippen molar-refractivity contribution in [2.24, 2.45) is 0 Å². The number of benzene rings is 2. The number of carbonyl (C=O) groups excluding carboxylic acids is 5. The van der Waals surface area contributed by atoms with E-state index in [1.165, 1.54) is 0 Å². The molecular formula is C32H43ClN4O8. The molecule has 2 atom stereocenters. The van der Waals surface area contributed by atoms with E-state index in [9.17, 15) is 24.0 Å². The summed E-state index contributed by atoms with van der Waals surface area (Å²) < 4.78 is 15.7. The molecule has 13 heteroatoms. The number of nitrogens with one attached hydrogen (secondary N) is 4. The summed E-state index contributed by atoms with van der Waals surface area (Å²) in [4.78, 5) is 62.3. The van der Waals surface area contributed by atoms with Crippen LogP contribution in [0.4, 0.5) is 14.4 Å². The van der Waals surface area contributed by atoms with E-state index in [-0.39, 0.29) is 45.0 Å². The number of alkyl carbamates (subject to hydrolysis) is 3. The number of ether oxygens (including phenoxy) is 3. The molecule has 0 aromatic heterocycles. The van der Waals surface area contributed by atoms with Gasteiger partial charge in [-0.2, -0.15) is 0 Å². The molecule has 4 amide bonds. The SMILES string of the molecule is CC(C)(C)OC(=O)NC(CCCNC(=O)OCc1ccccc1)C(=O)NC(CCCNC(=O)OCc1ccccc1)C(=O)CCl. The zero-order valence-corrected chi connectivity index (χ0v) is 26.7. The third-order valence-corrected chi connectivity index (χ3v) is 6.41. The summed E-state index contributed by atoms with van der Waals surface area (Å²) in [5.41, 5.74) is 0.879. The first-order chi connectivity index (χ1) is 21.5. The van der Waals surface area contributed by atoms with Gasteiger partial charge in [-0.1, -0.05) is 60.7 Å². The molecule has 246 valence electrons. The van der Waals surface area contributed by atoms with Crippen LogP contribution in [0.25, 0.3) is 0 Å². The minimum absolute atomic E-state index is 0.109. The van der Waals surface area contributed by atoms with Crippen molar-refractivity contribution < 1.29 is 38.2 Å². The van der Waals surface area contributed by atoms with Crippen LogP contribution in [0.5, 0.6) is 0 Å². The van der Waals surface area contributed by atoms with Gasteiger partial charge in [-0.25, -0.2) is 14.4 Å². The van der Waals surface area contributed by atoms with Crippen molar-refractivity contribution in [2.45, 2.75) is 77.4 Å². The van der Waals surface area contributed by atoms with Gasteiger partial charge in [-0.15, -0.1) is 11.6 Å². The Balaban J connectivity index is 1.87. The highest BCUT2D eigenvalue weighted by molar-refractivity contribution is 6.28. The molecule has 2 aromatic carbocycles. The van der Waals surface area contributed by atoms with Crippen molar-refractivity contribution in [1.82, 2.24) is 21.3 Å². The molecule has 0 radical (unpaired) electrons. The molecular weight excluding hydrogens is 604 g/mol. The Kier molecular flexibility index (Phi) is 16.3. The predicted octanol–water partition coefficient (Wildman–Crippen LogP) is 4.59. The number of hydrogen-bond donors (Lipinski definition) is 4. The standard InChI is InChI=1S/C32H43ClN4O8/c1-32(2,3)45-31(42)37-26(17-11-19-35-30(41)44-22-24-14-8-5-9-15-24)28(39)36-25(27(38)20-33)16-10-18-34-29(40)43-21-23-12-6-4-7-13-23/h4-9,12-15,25-26H,10-11,16-22H2,1-3H3,(H,34,40)(H,35,41)(H,36,39)(H,37,42). The van der Waals surface area contributed by atoms with E-state index in [0.717, 1.165) is 11.1 Å². The molecule has 2 unspecified atom stereocenters. The number of carbonyl (C=O) groups is 5. The second-order valence-corrected chi connectivity index (χ2v) is 11.4. The Hall–Kier alpha value is -4.32. The summed E-state index contributed by atoms with van der Waals surface area (Å²) in [5.74, 6) is -1.38. The first kappa shape index (κ1) is 36.9. The first-order valence-corrected chi connectivity index (χ1v) is 15.3. The zero-order valence-electron chi connectivity index (χ0n) is 25.9. The Labute approximate surface area is 268 Å². The van der Waals surface area contributed by atoms with Crippen molar-refractivity contribution in [2.75, 3.05) is 19.0 Å². The molecule has 2 rings (SSSR count). The van der Waals surface area contributed by atoms with Gasteiger partial charge in [0, 0.05) is 13.1 Å². The molecule has 0 aliphatic carbocycles.